The molecule has 0 unspecified atom stereocenters. The van der Waals surface area contributed by atoms with Crippen LogP contribution in [0.1, 0.15) is 5.56 Å². The van der Waals surface area contributed by atoms with Gasteiger partial charge in [-0.05, 0) is 24.3 Å². The van der Waals surface area contributed by atoms with Crippen molar-refractivity contribution >= 4 is 29.3 Å². The van der Waals surface area contributed by atoms with Crippen LogP contribution in [0.4, 0.5) is 0 Å². The van der Waals surface area contributed by atoms with Crippen molar-refractivity contribution in [2.45, 2.75) is 6.42 Å². The number of rotatable bonds is 6. The van der Waals surface area contributed by atoms with E-state index in [0.29, 0.717) is 5.15 Å². The number of guanidine groups is 1. The molecule has 0 aliphatic carbocycles. The van der Waals surface area contributed by atoms with Gasteiger partial charge in [-0.2, -0.15) is 11.8 Å². The van der Waals surface area contributed by atoms with E-state index in [1.807, 2.05) is 23.9 Å². The van der Waals surface area contributed by atoms with Gasteiger partial charge in [-0.3, -0.25) is 4.99 Å². The molecule has 18 heavy (non-hydrogen) atoms. The second kappa shape index (κ2) is 9.05. The molecular formula is C12H19ClN4S. The van der Waals surface area contributed by atoms with Crippen LogP contribution in [0.5, 0.6) is 0 Å². The topological polar surface area (TPSA) is 49.3 Å². The fraction of sp³-hybridized carbons (Fsp3) is 0.500. The van der Waals surface area contributed by atoms with E-state index in [1.165, 1.54) is 0 Å². The zero-order valence-corrected chi connectivity index (χ0v) is 12.3. The van der Waals surface area contributed by atoms with Gasteiger partial charge in [0.2, 0.25) is 0 Å². The fourth-order valence-electron chi connectivity index (χ4n) is 1.37. The van der Waals surface area contributed by atoms with E-state index in [9.17, 15) is 0 Å². The highest BCUT2D eigenvalue weighted by Gasteiger charge is 1.98. The van der Waals surface area contributed by atoms with Gasteiger partial charge in [0.15, 0.2) is 5.96 Å². The van der Waals surface area contributed by atoms with Crippen molar-refractivity contribution in [1.29, 1.82) is 0 Å². The number of pyridine rings is 1. The van der Waals surface area contributed by atoms with E-state index in [1.54, 1.807) is 13.2 Å². The molecule has 2 N–H and O–H groups in total. The summed E-state index contributed by atoms with van der Waals surface area (Å²) in [6.45, 7) is 1.74. The minimum Gasteiger partial charge on any atom is -0.356 e. The van der Waals surface area contributed by atoms with Gasteiger partial charge < -0.3 is 10.6 Å². The largest absolute Gasteiger partial charge is 0.356 e. The lowest BCUT2D eigenvalue weighted by Gasteiger charge is -2.11. The molecule has 6 heteroatoms. The fourth-order valence-corrected chi connectivity index (χ4v) is 1.79. The normalized spacial score (nSPS) is 11.4. The first-order chi connectivity index (χ1) is 8.76. The lowest BCUT2D eigenvalue weighted by Crippen LogP contribution is -2.39. The van der Waals surface area contributed by atoms with Crippen LogP contribution in [0, 0.1) is 0 Å². The van der Waals surface area contributed by atoms with Crippen LogP contribution < -0.4 is 10.6 Å². The summed E-state index contributed by atoms with van der Waals surface area (Å²) in [7, 11) is 1.78. The number of nitrogens with one attached hydrogen (secondary N) is 2. The number of thioether (sulfide) groups is 1. The Morgan fingerprint density at radius 3 is 2.78 bits per heavy atom. The summed E-state index contributed by atoms with van der Waals surface area (Å²) in [6.07, 6.45) is 4.78. The van der Waals surface area contributed by atoms with Crippen LogP contribution in [0.25, 0.3) is 0 Å². The van der Waals surface area contributed by atoms with Gasteiger partial charge in [-0.1, -0.05) is 17.7 Å². The maximum Gasteiger partial charge on any atom is 0.191 e. The first-order valence-corrected chi connectivity index (χ1v) is 7.57. The summed E-state index contributed by atoms with van der Waals surface area (Å²) in [5, 5.41) is 7.04. The molecular weight excluding hydrogens is 268 g/mol. The minimum atomic E-state index is 0.529. The first kappa shape index (κ1) is 15.1. The highest BCUT2D eigenvalue weighted by Crippen LogP contribution is 2.05. The van der Waals surface area contributed by atoms with Crippen LogP contribution in [0.15, 0.2) is 23.3 Å². The Kier molecular flexibility index (Phi) is 7.60. The Bertz CT molecular complexity index is 367. The maximum absolute atomic E-state index is 5.73. The van der Waals surface area contributed by atoms with E-state index in [-0.39, 0.29) is 0 Å². The van der Waals surface area contributed by atoms with Crippen LogP contribution in [-0.4, -0.2) is 43.1 Å². The summed E-state index contributed by atoms with van der Waals surface area (Å²) >= 11 is 7.54. The molecule has 0 aliphatic rings. The van der Waals surface area contributed by atoms with Gasteiger partial charge in [0.25, 0.3) is 0 Å². The van der Waals surface area contributed by atoms with Crippen molar-refractivity contribution in [3.05, 3.63) is 29.0 Å². The molecule has 0 saturated heterocycles. The third-order valence-electron chi connectivity index (χ3n) is 2.32. The molecule has 0 radical (unpaired) electrons. The Labute approximate surface area is 118 Å². The summed E-state index contributed by atoms with van der Waals surface area (Å²) in [5.41, 5.74) is 1.16. The molecule has 1 heterocycles. The predicted molar refractivity (Wildman–Crippen MR) is 80.7 cm³/mol. The van der Waals surface area contributed by atoms with Crippen LogP contribution in [0.3, 0.4) is 0 Å². The SMILES string of the molecule is CN=C(NCCSC)NCCc1ccc(Cl)nc1. The lowest BCUT2D eigenvalue weighted by atomic mass is 10.2. The standard InChI is InChI=1S/C12H19ClN4S/c1-14-12(16-7-8-18-2)15-6-5-10-3-4-11(13)17-9-10/h3-4,9H,5-8H2,1-2H3,(H2,14,15,16). The zero-order chi connectivity index (χ0) is 13.2. The first-order valence-electron chi connectivity index (χ1n) is 5.80. The Morgan fingerprint density at radius 1 is 1.39 bits per heavy atom. The number of nitrogens with zero attached hydrogens (tertiary/aromatic N) is 2. The molecule has 0 aliphatic heterocycles. The number of hydrogen-bond acceptors (Lipinski definition) is 3. The number of aliphatic imine (C=N–C) groups is 1. The summed E-state index contributed by atoms with van der Waals surface area (Å²) in [6, 6.07) is 3.79. The van der Waals surface area contributed by atoms with E-state index in [2.05, 4.69) is 26.9 Å². The number of hydrogen-bond donors (Lipinski definition) is 2. The van der Waals surface area contributed by atoms with Gasteiger partial charge in [0, 0.05) is 32.1 Å². The molecule has 0 fully saturated rings. The highest BCUT2D eigenvalue weighted by molar-refractivity contribution is 7.98. The third-order valence-corrected chi connectivity index (χ3v) is 3.15. The average molecular weight is 287 g/mol. The number of halogens is 1. The molecule has 0 saturated carbocycles. The predicted octanol–water partition coefficient (Wildman–Crippen LogP) is 1.81. The second-order valence-electron chi connectivity index (χ2n) is 3.66. The molecule has 4 nitrogen and oxygen atoms in total. The Balaban J connectivity index is 2.25. The van der Waals surface area contributed by atoms with Crippen molar-refractivity contribution in [3.8, 4) is 0 Å². The van der Waals surface area contributed by atoms with Gasteiger partial charge in [-0.15, -0.1) is 0 Å². The third kappa shape index (κ3) is 6.12. The minimum absolute atomic E-state index is 0.529. The summed E-state index contributed by atoms with van der Waals surface area (Å²) < 4.78 is 0. The molecule has 1 aromatic heterocycles. The molecule has 1 aromatic rings. The molecule has 100 valence electrons. The number of aromatic nitrogens is 1. The van der Waals surface area contributed by atoms with Gasteiger partial charge in [0.05, 0.1) is 0 Å². The van der Waals surface area contributed by atoms with E-state index < -0.39 is 0 Å². The van der Waals surface area contributed by atoms with Crippen molar-refractivity contribution < 1.29 is 0 Å². The van der Waals surface area contributed by atoms with Gasteiger partial charge >= 0.3 is 0 Å². The van der Waals surface area contributed by atoms with Crippen molar-refractivity contribution in [2.75, 3.05) is 32.1 Å². The van der Waals surface area contributed by atoms with Crippen LogP contribution >= 0.6 is 23.4 Å². The van der Waals surface area contributed by atoms with E-state index >= 15 is 0 Å². The van der Waals surface area contributed by atoms with Crippen molar-refractivity contribution in [2.24, 2.45) is 4.99 Å². The zero-order valence-electron chi connectivity index (χ0n) is 10.7. The highest BCUT2D eigenvalue weighted by atomic mass is 35.5. The Morgan fingerprint density at radius 2 is 2.17 bits per heavy atom. The van der Waals surface area contributed by atoms with Crippen LogP contribution in [-0.2, 0) is 6.42 Å². The molecule has 0 bridgehead atoms. The summed E-state index contributed by atoms with van der Waals surface area (Å²) in [4.78, 5) is 8.20. The molecule has 0 amide bonds. The van der Waals surface area contributed by atoms with E-state index in [0.717, 1.165) is 36.8 Å². The maximum atomic E-state index is 5.73. The Hall–Kier alpha value is -0.940. The lowest BCUT2D eigenvalue weighted by molar-refractivity contribution is 0.810. The van der Waals surface area contributed by atoms with Crippen molar-refractivity contribution in [3.63, 3.8) is 0 Å². The molecule has 0 aromatic carbocycles. The van der Waals surface area contributed by atoms with Crippen molar-refractivity contribution in [1.82, 2.24) is 15.6 Å². The smallest absolute Gasteiger partial charge is 0.191 e. The van der Waals surface area contributed by atoms with E-state index in [4.69, 9.17) is 11.6 Å². The molecule has 0 atom stereocenters. The summed E-state index contributed by atoms with van der Waals surface area (Å²) in [5.74, 6) is 1.91. The quantitative estimate of drug-likeness (QED) is 0.362. The van der Waals surface area contributed by atoms with Gasteiger partial charge in [-0.25, -0.2) is 4.98 Å². The second-order valence-corrected chi connectivity index (χ2v) is 5.03. The van der Waals surface area contributed by atoms with Gasteiger partial charge in [0.1, 0.15) is 5.15 Å². The molecule has 0 spiro atoms. The monoisotopic (exact) mass is 286 g/mol. The molecule has 1 rings (SSSR count). The average Bonchev–Trinajstić information content (AvgIpc) is 2.39. The van der Waals surface area contributed by atoms with Crippen LogP contribution in [0.2, 0.25) is 5.15 Å².